The molecule has 2 nitrogen and oxygen atoms in total. The first-order chi connectivity index (χ1) is 9.86. The molecule has 2 atom stereocenters. The number of halogens is 4. The fourth-order valence-corrected chi connectivity index (χ4v) is 2.55. The summed E-state index contributed by atoms with van der Waals surface area (Å²) in [5.41, 5.74) is 8.13. The van der Waals surface area contributed by atoms with E-state index >= 15 is 0 Å². The normalized spacial score (nSPS) is 20.4. The maximum absolute atomic E-state index is 12.7. The van der Waals surface area contributed by atoms with Crippen LogP contribution in [-0.4, -0.2) is 11.0 Å². The Balaban J connectivity index is 0.00000176. The van der Waals surface area contributed by atoms with E-state index in [2.05, 4.69) is 4.98 Å². The lowest BCUT2D eigenvalue weighted by molar-refractivity contribution is -0.137. The monoisotopic (exact) mass is 328 g/mol. The first-order valence-electron chi connectivity index (χ1n) is 6.77. The van der Waals surface area contributed by atoms with Gasteiger partial charge in [-0.3, -0.25) is 4.98 Å². The van der Waals surface area contributed by atoms with E-state index in [1.54, 1.807) is 12.1 Å². The summed E-state index contributed by atoms with van der Waals surface area (Å²) in [4.78, 5) is 4.44. The van der Waals surface area contributed by atoms with Crippen molar-refractivity contribution in [2.45, 2.75) is 31.5 Å². The number of benzene rings is 1. The van der Waals surface area contributed by atoms with Gasteiger partial charge in [-0.15, -0.1) is 12.4 Å². The lowest BCUT2D eigenvalue weighted by Crippen LogP contribution is -2.05. The third-order valence-electron chi connectivity index (χ3n) is 3.85. The summed E-state index contributed by atoms with van der Waals surface area (Å²) in [6, 6.07) is 9.11. The Morgan fingerprint density at radius 1 is 1.18 bits per heavy atom. The molecule has 0 bridgehead atoms. The van der Waals surface area contributed by atoms with E-state index < -0.39 is 11.7 Å². The first kappa shape index (κ1) is 16.8. The van der Waals surface area contributed by atoms with E-state index in [9.17, 15) is 13.2 Å². The number of nitrogens with zero attached hydrogens (tertiary/aromatic N) is 1. The topological polar surface area (TPSA) is 38.9 Å². The van der Waals surface area contributed by atoms with Crippen LogP contribution < -0.4 is 5.73 Å². The van der Waals surface area contributed by atoms with E-state index in [0.717, 1.165) is 29.8 Å². The summed E-state index contributed by atoms with van der Waals surface area (Å²) in [6.45, 7) is 1.87. The highest BCUT2D eigenvalue weighted by Gasteiger charge is 2.36. The van der Waals surface area contributed by atoms with Crippen molar-refractivity contribution in [1.29, 1.82) is 0 Å². The maximum Gasteiger partial charge on any atom is 0.416 e. The summed E-state index contributed by atoms with van der Waals surface area (Å²) in [6.07, 6.45) is -3.39. The number of nitrogens with two attached hydrogens (primary N) is 1. The molecule has 0 unspecified atom stereocenters. The third kappa shape index (κ3) is 3.25. The number of aryl methyl sites for hydroxylation is 1. The second kappa shape index (κ2) is 5.89. The van der Waals surface area contributed by atoms with Crippen molar-refractivity contribution in [3.63, 3.8) is 0 Å². The highest BCUT2D eigenvalue weighted by molar-refractivity contribution is 5.85. The van der Waals surface area contributed by atoms with Crippen molar-refractivity contribution < 1.29 is 13.2 Å². The van der Waals surface area contributed by atoms with Crippen molar-refractivity contribution in [2.75, 3.05) is 0 Å². The summed E-state index contributed by atoms with van der Waals surface area (Å²) in [5, 5.41) is 0. The quantitative estimate of drug-likeness (QED) is 0.892. The molecule has 2 aromatic rings. The Bertz CT molecular complexity index is 685. The zero-order valence-electron chi connectivity index (χ0n) is 11.9. The molecule has 2 N–H and O–H groups in total. The molecule has 1 heterocycles. The number of hydrogen-bond acceptors (Lipinski definition) is 2. The Morgan fingerprint density at radius 3 is 2.41 bits per heavy atom. The number of aromatic nitrogens is 1. The van der Waals surface area contributed by atoms with Gasteiger partial charge in [0.1, 0.15) is 0 Å². The molecule has 3 rings (SSSR count). The van der Waals surface area contributed by atoms with Gasteiger partial charge in [-0.05, 0) is 37.1 Å². The molecule has 0 radical (unpaired) electrons. The Hall–Kier alpha value is -1.59. The van der Waals surface area contributed by atoms with Crippen LogP contribution in [0.5, 0.6) is 0 Å². The largest absolute Gasteiger partial charge is 0.416 e. The third-order valence-corrected chi connectivity index (χ3v) is 3.85. The van der Waals surface area contributed by atoms with Gasteiger partial charge in [0.15, 0.2) is 0 Å². The van der Waals surface area contributed by atoms with E-state index in [4.69, 9.17) is 5.73 Å². The van der Waals surface area contributed by atoms with Gasteiger partial charge in [0, 0.05) is 23.2 Å². The maximum atomic E-state index is 12.7. The van der Waals surface area contributed by atoms with E-state index in [-0.39, 0.29) is 18.4 Å². The molecule has 1 aliphatic rings. The summed E-state index contributed by atoms with van der Waals surface area (Å²) >= 11 is 0. The molecule has 1 aromatic heterocycles. The lowest BCUT2D eigenvalue weighted by Gasteiger charge is -2.10. The zero-order valence-corrected chi connectivity index (χ0v) is 12.7. The van der Waals surface area contributed by atoms with Gasteiger partial charge < -0.3 is 5.73 Å². The zero-order chi connectivity index (χ0) is 15.2. The number of hydrogen-bond donors (Lipinski definition) is 1. The molecule has 1 aromatic carbocycles. The minimum atomic E-state index is -4.34. The molecule has 0 amide bonds. The van der Waals surface area contributed by atoms with E-state index in [0.29, 0.717) is 17.2 Å². The van der Waals surface area contributed by atoms with Gasteiger partial charge in [-0.1, -0.05) is 18.2 Å². The van der Waals surface area contributed by atoms with Gasteiger partial charge >= 0.3 is 6.18 Å². The second-order valence-electron chi connectivity index (χ2n) is 5.46. The van der Waals surface area contributed by atoms with Crippen LogP contribution >= 0.6 is 12.4 Å². The molecule has 0 saturated heterocycles. The molecule has 1 saturated carbocycles. The summed E-state index contributed by atoms with van der Waals surface area (Å²) in [7, 11) is 0. The summed E-state index contributed by atoms with van der Waals surface area (Å²) < 4.78 is 38.2. The van der Waals surface area contributed by atoms with Crippen LogP contribution in [-0.2, 0) is 6.18 Å². The predicted molar refractivity (Wildman–Crippen MR) is 82.0 cm³/mol. The van der Waals surface area contributed by atoms with Gasteiger partial charge in [0.05, 0.1) is 11.3 Å². The van der Waals surface area contributed by atoms with Gasteiger partial charge in [-0.25, -0.2) is 0 Å². The van der Waals surface area contributed by atoms with Crippen molar-refractivity contribution in [3.8, 4) is 11.3 Å². The molecule has 22 heavy (non-hydrogen) atoms. The highest BCUT2D eigenvalue weighted by Crippen LogP contribution is 2.40. The van der Waals surface area contributed by atoms with E-state index in [1.165, 1.54) is 6.07 Å². The Morgan fingerprint density at radius 2 is 1.86 bits per heavy atom. The van der Waals surface area contributed by atoms with Crippen LogP contribution in [0, 0.1) is 6.92 Å². The highest BCUT2D eigenvalue weighted by atomic mass is 35.5. The van der Waals surface area contributed by atoms with Crippen molar-refractivity contribution >= 4 is 12.4 Å². The molecule has 1 aliphatic carbocycles. The standard InChI is InChI=1S/C16H15F3N2.ClH/c1-9-12(13-8-14(13)20)5-6-15(21-9)10-3-2-4-11(7-10)16(17,18)19;/h2-7,13-14H,8,20H2,1H3;1H/t13-,14+;/m1./s1. The SMILES string of the molecule is Cc1nc(-c2cccc(C(F)(F)F)c2)ccc1[C@H]1C[C@@H]1N.Cl. The van der Waals surface area contributed by atoms with Gasteiger partial charge in [-0.2, -0.15) is 13.2 Å². The predicted octanol–water partition coefficient (Wildman–Crippen LogP) is 4.31. The number of rotatable bonds is 2. The first-order valence-corrected chi connectivity index (χ1v) is 6.77. The van der Waals surface area contributed by atoms with Gasteiger partial charge in [0.2, 0.25) is 0 Å². The lowest BCUT2D eigenvalue weighted by atomic mass is 10.0. The molecule has 118 valence electrons. The molecule has 1 fully saturated rings. The van der Waals surface area contributed by atoms with Crippen LogP contribution in [0.2, 0.25) is 0 Å². The van der Waals surface area contributed by atoms with Crippen molar-refractivity contribution in [2.24, 2.45) is 5.73 Å². The average molecular weight is 329 g/mol. The molecular weight excluding hydrogens is 313 g/mol. The van der Waals surface area contributed by atoms with Crippen molar-refractivity contribution in [1.82, 2.24) is 4.98 Å². The van der Waals surface area contributed by atoms with Crippen LogP contribution in [0.25, 0.3) is 11.3 Å². The van der Waals surface area contributed by atoms with Crippen LogP contribution in [0.15, 0.2) is 36.4 Å². The number of alkyl halides is 3. The van der Waals surface area contributed by atoms with Crippen LogP contribution in [0.1, 0.15) is 29.2 Å². The van der Waals surface area contributed by atoms with Crippen molar-refractivity contribution in [3.05, 3.63) is 53.2 Å². The Labute approximate surface area is 133 Å². The summed E-state index contributed by atoms with van der Waals surface area (Å²) in [5.74, 6) is 0.341. The van der Waals surface area contributed by atoms with Crippen LogP contribution in [0.3, 0.4) is 0 Å². The molecular formula is C16H16ClF3N2. The number of pyridine rings is 1. The fourth-order valence-electron chi connectivity index (χ4n) is 2.55. The fraction of sp³-hybridized carbons (Fsp3) is 0.312. The van der Waals surface area contributed by atoms with E-state index in [1.807, 2.05) is 13.0 Å². The molecule has 0 spiro atoms. The minimum absolute atomic E-state index is 0. The average Bonchev–Trinajstić information content (AvgIpc) is 3.14. The second-order valence-corrected chi connectivity index (χ2v) is 5.46. The minimum Gasteiger partial charge on any atom is -0.327 e. The van der Waals surface area contributed by atoms with Crippen LogP contribution in [0.4, 0.5) is 13.2 Å². The molecule has 0 aliphatic heterocycles. The Kier molecular flexibility index (Phi) is 4.49. The smallest absolute Gasteiger partial charge is 0.327 e. The molecule has 6 heteroatoms. The van der Waals surface area contributed by atoms with Gasteiger partial charge in [0.25, 0.3) is 0 Å².